The van der Waals surface area contributed by atoms with Crippen molar-refractivity contribution in [3.63, 3.8) is 0 Å². The molecule has 1 saturated heterocycles. The Balaban J connectivity index is 1.57. The summed E-state index contributed by atoms with van der Waals surface area (Å²) >= 11 is 0. The second-order valence-electron chi connectivity index (χ2n) is 11.1. The van der Waals surface area contributed by atoms with Gasteiger partial charge < -0.3 is 20.9 Å². The number of nitrogens with one attached hydrogen (secondary N) is 3. The first-order valence-corrected chi connectivity index (χ1v) is 14.0. The van der Waals surface area contributed by atoms with E-state index in [-0.39, 0.29) is 23.8 Å². The summed E-state index contributed by atoms with van der Waals surface area (Å²) in [5.41, 5.74) is 6.00. The maximum atomic E-state index is 13.4. The number of carbonyl (C=O) groups is 2. The van der Waals surface area contributed by atoms with Gasteiger partial charge in [-0.1, -0.05) is 58.9 Å². The lowest BCUT2D eigenvalue weighted by atomic mass is 9.93. The molecule has 0 bridgehead atoms. The predicted octanol–water partition coefficient (Wildman–Crippen LogP) is 7.14. The van der Waals surface area contributed by atoms with Crippen LogP contribution in [-0.4, -0.2) is 30.0 Å². The molecule has 1 aliphatic heterocycles. The van der Waals surface area contributed by atoms with E-state index in [4.69, 9.17) is 0 Å². The fourth-order valence-electron chi connectivity index (χ4n) is 5.07. The van der Waals surface area contributed by atoms with Gasteiger partial charge in [0.1, 0.15) is 0 Å². The average Bonchev–Trinajstić information content (AvgIpc) is 2.92. The van der Waals surface area contributed by atoms with Crippen LogP contribution < -0.4 is 20.9 Å². The highest BCUT2D eigenvalue weighted by Gasteiger charge is 2.22. The van der Waals surface area contributed by atoms with Crippen molar-refractivity contribution < 1.29 is 9.59 Å². The van der Waals surface area contributed by atoms with Gasteiger partial charge in [0.25, 0.3) is 5.91 Å². The number of pyridine rings is 1. The molecule has 3 N–H and O–H groups in total. The van der Waals surface area contributed by atoms with E-state index in [1.807, 2.05) is 30.3 Å². The van der Waals surface area contributed by atoms with Crippen LogP contribution in [-0.2, 0) is 6.54 Å². The topological polar surface area (TPSA) is 86.4 Å². The van der Waals surface area contributed by atoms with Crippen LogP contribution in [0.25, 0.3) is 0 Å². The Labute approximate surface area is 232 Å². The third-order valence-corrected chi connectivity index (χ3v) is 7.41. The van der Waals surface area contributed by atoms with E-state index in [2.05, 4.69) is 72.6 Å². The molecule has 0 unspecified atom stereocenters. The lowest BCUT2D eigenvalue weighted by Crippen LogP contribution is -2.35. The van der Waals surface area contributed by atoms with Crippen LogP contribution in [0.1, 0.15) is 86.3 Å². The monoisotopic (exact) mass is 527 g/mol. The summed E-state index contributed by atoms with van der Waals surface area (Å²) in [6.07, 6.45) is 5.64. The molecule has 0 atom stereocenters. The van der Waals surface area contributed by atoms with Crippen molar-refractivity contribution in [2.75, 3.05) is 28.6 Å². The number of para-hydroxylation sites is 1. The third kappa shape index (κ3) is 7.16. The quantitative estimate of drug-likeness (QED) is 0.291. The lowest BCUT2D eigenvalue weighted by Gasteiger charge is -2.33. The molecule has 3 amide bonds. The molecule has 39 heavy (non-hydrogen) atoms. The molecule has 2 heterocycles. The van der Waals surface area contributed by atoms with Crippen molar-refractivity contribution in [3.8, 4) is 0 Å². The van der Waals surface area contributed by atoms with E-state index in [1.165, 1.54) is 0 Å². The predicted molar refractivity (Wildman–Crippen MR) is 160 cm³/mol. The van der Waals surface area contributed by atoms with Crippen molar-refractivity contribution in [3.05, 3.63) is 83.2 Å². The summed E-state index contributed by atoms with van der Waals surface area (Å²) < 4.78 is 0. The number of rotatable bonds is 8. The number of amides is 3. The van der Waals surface area contributed by atoms with E-state index in [0.29, 0.717) is 23.7 Å². The van der Waals surface area contributed by atoms with Crippen molar-refractivity contribution in [2.24, 2.45) is 5.92 Å². The first-order chi connectivity index (χ1) is 18.7. The van der Waals surface area contributed by atoms with Crippen LogP contribution in [0, 0.1) is 5.92 Å². The molecule has 2 aromatic carbocycles. The van der Waals surface area contributed by atoms with Crippen molar-refractivity contribution in [1.82, 2.24) is 10.3 Å². The van der Waals surface area contributed by atoms with Gasteiger partial charge in [-0.15, -0.1) is 0 Å². The SMILES string of the molecule is CC1CCN(c2ccc(NC(=O)Nc3c(C(C)C)cccc3C(C)C)cc2C(=O)NCc2cccnc2)CC1. The standard InChI is InChI=1S/C32H41N5O2/c1-21(2)26-9-6-10-27(22(3)4)30(26)36-32(39)35-25-11-12-29(37-16-13-23(5)14-17-37)28(18-25)31(38)34-20-24-8-7-15-33-19-24/h6-12,15,18-19,21-23H,13-14,16-17,20H2,1-5H3,(H,34,38)(H2,35,36,39). The van der Waals surface area contributed by atoms with E-state index in [9.17, 15) is 9.59 Å². The molecule has 7 heteroatoms. The van der Waals surface area contributed by atoms with Gasteiger partial charge in [0.05, 0.1) is 5.56 Å². The summed E-state index contributed by atoms with van der Waals surface area (Å²) in [7, 11) is 0. The minimum atomic E-state index is -0.328. The van der Waals surface area contributed by atoms with Gasteiger partial charge in [-0.05, 0) is 71.6 Å². The number of aromatic nitrogens is 1. The average molecular weight is 528 g/mol. The highest BCUT2D eigenvalue weighted by atomic mass is 16.2. The number of hydrogen-bond acceptors (Lipinski definition) is 4. The molecule has 0 spiro atoms. The number of carbonyl (C=O) groups excluding carboxylic acids is 2. The molecule has 7 nitrogen and oxygen atoms in total. The number of hydrogen-bond donors (Lipinski definition) is 3. The molecule has 0 aliphatic carbocycles. The van der Waals surface area contributed by atoms with Gasteiger partial charge >= 0.3 is 6.03 Å². The summed E-state index contributed by atoms with van der Waals surface area (Å²) in [6.45, 7) is 13.0. The molecule has 1 aromatic heterocycles. The van der Waals surface area contributed by atoms with Gasteiger partial charge in [0, 0.05) is 49.1 Å². The van der Waals surface area contributed by atoms with Gasteiger partial charge in [-0.3, -0.25) is 9.78 Å². The Morgan fingerprint density at radius 2 is 1.64 bits per heavy atom. The number of anilines is 3. The fourth-order valence-corrected chi connectivity index (χ4v) is 5.07. The van der Waals surface area contributed by atoms with Gasteiger partial charge in [0.15, 0.2) is 0 Å². The molecule has 3 aromatic rings. The van der Waals surface area contributed by atoms with E-state index < -0.39 is 0 Å². The Morgan fingerprint density at radius 1 is 0.949 bits per heavy atom. The van der Waals surface area contributed by atoms with Crippen molar-refractivity contribution >= 4 is 29.0 Å². The lowest BCUT2D eigenvalue weighted by molar-refractivity contribution is 0.0951. The second kappa shape index (κ2) is 12.8. The van der Waals surface area contributed by atoms with E-state index in [1.54, 1.807) is 18.5 Å². The highest BCUT2D eigenvalue weighted by Crippen LogP contribution is 2.33. The molecule has 206 valence electrons. The zero-order valence-corrected chi connectivity index (χ0v) is 23.8. The smallest absolute Gasteiger partial charge is 0.323 e. The maximum absolute atomic E-state index is 13.4. The fraction of sp³-hybridized carbons (Fsp3) is 0.406. The van der Waals surface area contributed by atoms with Gasteiger partial charge in [-0.2, -0.15) is 0 Å². The number of benzene rings is 2. The first kappa shape index (κ1) is 28.1. The number of piperidine rings is 1. The minimum absolute atomic E-state index is 0.177. The normalized spacial score (nSPS) is 14.0. The molecule has 0 saturated carbocycles. The summed E-state index contributed by atoms with van der Waals surface area (Å²) in [4.78, 5) is 33.0. The van der Waals surface area contributed by atoms with Crippen LogP contribution in [0.4, 0.5) is 21.9 Å². The number of nitrogens with zero attached hydrogens (tertiary/aromatic N) is 2. The van der Waals surface area contributed by atoms with Gasteiger partial charge in [-0.25, -0.2) is 4.79 Å². The van der Waals surface area contributed by atoms with Crippen molar-refractivity contribution in [2.45, 2.75) is 65.8 Å². The van der Waals surface area contributed by atoms with E-state index >= 15 is 0 Å². The molecule has 1 aliphatic rings. The summed E-state index contributed by atoms with van der Waals surface area (Å²) in [5.74, 6) is 1.03. The zero-order valence-electron chi connectivity index (χ0n) is 23.8. The third-order valence-electron chi connectivity index (χ3n) is 7.41. The van der Waals surface area contributed by atoms with Crippen LogP contribution in [0.3, 0.4) is 0 Å². The van der Waals surface area contributed by atoms with Crippen molar-refractivity contribution in [1.29, 1.82) is 0 Å². The first-order valence-electron chi connectivity index (χ1n) is 14.0. The zero-order chi connectivity index (χ0) is 27.9. The largest absolute Gasteiger partial charge is 0.371 e. The molecule has 4 rings (SSSR count). The number of urea groups is 1. The maximum Gasteiger partial charge on any atom is 0.323 e. The van der Waals surface area contributed by atoms with Crippen LogP contribution >= 0.6 is 0 Å². The minimum Gasteiger partial charge on any atom is -0.371 e. The summed E-state index contributed by atoms with van der Waals surface area (Å²) in [5, 5.41) is 9.10. The Morgan fingerprint density at radius 3 is 2.26 bits per heavy atom. The van der Waals surface area contributed by atoms with E-state index in [0.717, 1.165) is 54.0 Å². The Bertz CT molecular complexity index is 1250. The van der Waals surface area contributed by atoms with Crippen LogP contribution in [0.15, 0.2) is 60.9 Å². The van der Waals surface area contributed by atoms with Crippen LogP contribution in [0.5, 0.6) is 0 Å². The Hall–Kier alpha value is -3.87. The molecular formula is C32H41N5O2. The summed E-state index contributed by atoms with van der Waals surface area (Å²) in [6, 6.07) is 15.2. The van der Waals surface area contributed by atoms with Crippen LogP contribution in [0.2, 0.25) is 0 Å². The molecule has 0 radical (unpaired) electrons. The van der Waals surface area contributed by atoms with Gasteiger partial charge in [0.2, 0.25) is 0 Å². The second-order valence-corrected chi connectivity index (χ2v) is 11.1. The molecule has 1 fully saturated rings. The highest BCUT2D eigenvalue weighted by molar-refractivity contribution is 6.04. The Kier molecular flexibility index (Phi) is 9.23. The molecular weight excluding hydrogens is 486 g/mol.